The third-order valence-electron chi connectivity index (χ3n) is 4.79. The number of aromatic nitrogens is 6. The van der Waals surface area contributed by atoms with Gasteiger partial charge in [0.25, 0.3) is 0 Å². The molecule has 1 aliphatic heterocycles. The van der Waals surface area contributed by atoms with Crippen LogP contribution in [0.1, 0.15) is 18.4 Å². The Bertz CT molecular complexity index is 1100. The van der Waals surface area contributed by atoms with Gasteiger partial charge >= 0.3 is 0 Å². The number of fused-ring (bicyclic) bond motifs is 1. The van der Waals surface area contributed by atoms with Crippen molar-refractivity contribution in [3.63, 3.8) is 0 Å². The maximum absolute atomic E-state index is 5.73. The van der Waals surface area contributed by atoms with Gasteiger partial charge in [-0.3, -0.25) is 0 Å². The van der Waals surface area contributed by atoms with Crippen LogP contribution < -0.4 is 0 Å². The van der Waals surface area contributed by atoms with Crippen LogP contribution in [0.3, 0.4) is 0 Å². The summed E-state index contributed by atoms with van der Waals surface area (Å²) in [5.41, 5.74) is 3.54. The first-order chi connectivity index (χ1) is 13.8. The largest absolute Gasteiger partial charge is 0.376 e. The van der Waals surface area contributed by atoms with E-state index >= 15 is 0 Å². The van der Waals surface area contributed by atoms with Crippen LogP contribution >= 0.6 is 23.1 Å². The van der Waals surface area contributed by atoms with Gasteiger partial charge in [-0.2, -0.15) is 0 Å². The summed E-state index contributed by atoms with van der Waals surface area (Å²) in [4.78, 5) is 9.97. The summed E-state index contributed by atoms with van der Waals surface area (Å²) < 4.78 is 7.54. The van der Waals surface area contributed by atoms with Gasteiger partial charge < -0.3 is 4.74 Å². The molecule has 9 heteroatoms. The van der Waals surface area contributed by atoms with Crippen LogP contribution in [-0.4, -0.2) is 42.9 Å². The van der Waals surface area contributed by atoms with Crippen molar-refractivity contribution in [2.24, 2.45) is 0 Å². The Morgan fingerprint density at radius 3 is 2.96 bits per heavy atom. The quantitative estimate of drug-likeness (QED) is 0.460. The van der Waals surface area contributed by atoms with Gasteiger partial charge in [-0.15, -0.1) is 16.4 Å². The summed E-state index contributed by atoms with van der Waals surface area (Å²) in [5.74, 6) is 0. The second-order valence-corrected chi connectivity index (χ2v) is 8.57. The first kappa shape index (κ1) is 17.7. The summed E-state index contributed by atoms with van der Waals surface area (Å²) >= 11 is 3.10. The van der Waals surface area contributed by atoms with Crippen molar-refractivity contribution in [1.82, 2.24) is 30.2 Å². The number of ether oxygens (including phenoxy) is 1. The lowest BCUT2D eigenvalue weighted by Gasteiger charge is -2.10. The van der Waals surface area contributed by atoms with E-state index in [2.05, 4.69) is 62.1 Å². The minimum Gasteiger partial charge on any atom is -0.376 e. The molecule has 0 saturated carbocycles. The molecule has 0 radical (unpaired) electrons. The molecule has 0 spiro atoms. The van der Waals surface area contributed by atoms with E-state index in [9.17, 15) is 0 Å². The Kier molecular flexibility index (Phi) is 4.79. The number of aryl methyl sites for hydroxylation is 1. The van der Waals surface area contributed by atoms with E-state index in [1.807, 2.05) is 4.68 Å². The number of nitrogens with zero attached hydrogens (tertiary/aromatic N) is 6. The van der Waals surface area contributed by atoms with Crippen molar-refractivity contribution in [1.29, 1.82) is 0 Å². The van der Waals surface area contributed by atoms with Gasteiger partial charge in [-0.1, -0.05) is 29.8 Å². The molecule has 1 aromatic carbocycles. The molecule has 1 fully saturated rings. The average Bonchev–Trinajstić information content (AvgIpc) is 3.45. The fourth-order valence-electron chi connectivity index (χ4n) is 3.32. The minimum absolute atomic E-state index is 0.178. The van der Waals surface area contributed by atoms with Crippen LogP contribution in [0.2, 0.25) is 0 Å². The lowest BCUT2D eigenvalue weighted by atomic mass is 10.1. The average molecular weight is 411 g/mol. The fraction of sp³-hybridized carbons (Fsp3) is 0.316. The highest BCUT2D eigenvalue weighted by Crippen LogP contribution is 2.39. The van der Waals surface area contributed by atoms with Crippen LogP contribution in [0.15, 0.2) is 46.2 Å². The van der Waals surface area contributed by atoms with Crippen LogP contribution in [-0.2, 0) is 11.3 Å². The van der Waals surface area contributed by atoms with Crippen LogP contribution in [0.25, 0.3) is 21.3 Å². The molecular weight excluding hydrogens is 392 g/mol. The SMILES string of the molecule is Cc1ccc(-c2csc3ncnc(Sc4nnnn4CC4CCCO4)c23)cc1. The summed E-state index contributed by atoms with van der Waals surface area (Å²) in [6, 6.07) is 8.52. The molecule has 7 nitrogen and oxygen atoms in total. The van der Waals surface area contributed by atoms with Gasteiger partial charge in [-0.05, 0) is 47.5 Å². The molecule has 3 aromatic heterocycles. The Labute approximate surface area is 170 Å². The molecule has 5 rings (SSSR count). The van der Waals surface area contributed by atoms with E-state index in [-0.39, 0.29) is 6.10 Å². The molecule has 4 aromatic rings. The second kappa shape index (κ2) is 7.57. The van der Waals surface area contributed by atoms with Gasteiger partial charge in [-0.25, -0.2) is 14.6 Å². The Morgan fingerprint density at radius 2 is 2.14 bits per heavy atom. The zero-order valence-electron chi connectivity index (χ0n) is 15.3. The van der Waals surface area contributed by atoms with Crippen molar-refractivity contribution in [2.45, 2.75) is 42.6 Å². The fourth-order valence-corrected chi connectivity index (χ4v) is 5.18. The van der Waals surface area contributed by atoms with Gasteiger partial charge in [0.2, 0.25) is 5.16 Å². The van der Waals surface area contributed by atoms with Gasteiger partial charge in [0, 0.05) is 17.6 Å². The monoisotopic (exact) mass is 410 g/mol. The molecule has 1 saturated heterocycles. The third-order valence-corrected chi connectivity index (χ3v) is 6.65. The van der Waals surface area contributed by atoms with Crippen LogP contribution in [0.5, 0.6) is 0 Å². The maximum Gasteiger partial charge on any atom is 0.215 e. The molecule has 1 atom stereocenters. The van der Waals surface area contributed by atoms with E-state index in [0.717, 1.165) is 51.0 Å². The predicted molar refractivity (Wildman–Crippen MR) is 109 cm³/mol. The van der Waals surface area contributed by atoms with Crippen molar-refractivity contribution in [2.75, 3.05) is 6.61 Å². The van der Waals surface area contributed by atoms with Crippen molar-refractivity contribution < 1.29 is 4.74 Å². The molecule has 0 amide bonds. The third kappa shape index (κ3) is 3.41. The highest BCUT2D eigenvalue weighted by molar-refractivity contribution is 7.99. The minimum atomic E-state index is 0.178. The second-order valence-electron chi connectivity index (χ2n) is 6.76. The first-order valence-electron chi connectivity index (χ1n) is 9.13. The van der Waals surface area contributed by atoms with Gasteiger partial charge in [0.15, 0.2) is 0 Å². The standard InChI is InChI=1S/C19H18N6OS2/c1-12-4-6-13(7-5-12)15-10-27-17-16(15)18(21-11-20-17)28-19-22-23-24-25(19)9-14-3-2-8-26-14/h4-7,10-11,14H,2-3,8-9H2,1H3. The summed E-state index contributed by atoms with van der Waals surface area (Å²) in [5, 5.41) is 17.0. The predicted octanol–water partition coefficient (Wildman–Crippen LogP) is 3.98. The molecule has 0 aliphatic carbocycles. The normalized spacial score (nSPS) is 16.8. The number of thiophene rings is 1. The number of tetrazole rings is 1. The van der Waals surface area contributed by atoms with Gasteiger partial charge in [0.05, 0.1) is 18.0 Å². The number of benzene rings is 1. The highest BCUT2D eigenvalue weighted by Gasteiger charge is 2.21. The summed E-state index contributed by atoms with van der Waals surface area (Å²) in [6.45, 7) is 3.57. The first-order valence-corrected chi connectivity index (χ1v) is 10.8. The van der Waals surface area contributed by atoms with Crippen LogP contribution in [0, 0.1) is 6.92 Å². The molecule has 142 valence electrons. The molecule has 1 aliphatic rings. The number of rotatable bonds is 5. The number of hydrogen-bond acceptors (Lipinski definition) is 8. The molecular formula is C19H18N6OS2. The van der Waals surface area contributed by atoms with E-state index < -0.39 is 0 Å². The number of hydrogen-bond donors (Lipinski definition) is 0. The molecule has 4 heterocycles. The molecule has 28 heavy (non-hydrogen) atoms. The zero-order chi connectivity index (χ0) is 18.9. The van der Waals surface area contributed by atoms with Crippen molar-refractivity contribution in [3.8, 4) is 11.1 Å². The van der Waals surface area contributed by atoms with E-state index in [1.165, 1.54) is 17.3 Å². The summed E-state index contributed by atoms with van der Waals surface area (Å²) in [6.07, 6.45) is 3.92. The Morgan fingerprint density at radius 1 is 1.25 bits per heavy atom. The van der Waals surface area contributed by atoms with Crippen molar-refractivity contribution >= 4 is 33.3 Å². The van der Waals surface area contributed by atoms with E-state index in [1.54, 1.807) is 17.7 Å². The summed E-state index contributed by atoms with van der Waals surface area (Å²) in [7, 11) is 0. The topological polar surface area (TPSA) is 78.6 Å². The lowest BCUT2D eigenvalue weighted by molar-refractivity contribution is 0.0912. The van der Waals surface area contributed by atoms with Gasteiger partial charge in [0.1, 0.15) is 16.2 Å². The molecule has 0 bridgehead atoms. The van der Waals surface area contributed by atoms with E-state index in [0.29, 0.717) is 6.54 Å². The zero-order valence-corrected chi connectivity index (χ0v) is 16.9. The molecule has 1 unspecified atom stereocenters. The highest BCUT2D eigenvalue weighted by atomic mass is 32.2. The van der Waals surface area contributed by atoms with Crippen molar-refractivity contribution in [3.05, 3.63) is 41.5 Å². The smallest absolute Gasteiger partial charge is 0.215 e. The van der Waals surface area contributed by atoms with E-state index in [4.69, 9.17) is 4.74 Å². The lowest BCUT2D eigenvalue weighted by Crippen LogP contribution is -2.16. The Hall–Kier alpha value is -2.36. The molecule has 0 N–H and O–H groups in total. The van der Waals surface area contributed by atoms with Crippen LogP contribution in [0.4, 0.5) is 0 Å². The maximum atomic E-state index is 5.73. The Balaban J connectivity index is 1.51.